The zero-order chi connectivity index (χ0) is 9.97. The Balaban J connectivity index is 2.28. The van der Waals surface area contributed by atoms with Crippen molar-refractivity contribution >= 4 is 5.78 Å². The van der Waals surface area contributed by atoms with E-state index in [-0.39, 0.29) is 11.7 Å². The van der Waals surface area contributed by atoms with Crippen molar-refractivity contribution in [3.63, 3.8) is 0 Å². The third-order valence-electron chi connectivity index (χ3n) is 2.49. The van der Waals surface area contributed by atoms with Gasteiger partial charge in [-0.2, -0.15) is 0 Å². The zero-order valence-electron chi connectivity index (χ0n) is 7.94. The van der Waals surface area contributed by atoms with E-state index in [1.807, 2.05) is 36.4 Å². The summed E-state index contributed by atoms with van der Waals surface area (Å²) in [5.74, 6) is 0.413. The Morgan fingerprint density at radius 2 is 1.93 bits per heavy atom. The highest BCUT2D eigenvalue weighted by molar-refractivity contribution is 5.83. The van der Waals surface area contributed by atoms with Crippen molar-refractivity contribution in [2.75, 3.05) is 0 Å². The van der Waals surface area contributed by atoms with E-state index < -0.39 is 0 Å². The fourth-order valence-electron chi connectivity index (χ4n) is 1.84. The number of carbonyl (C=O) groups is 1. The minimum atomic E-state index is 0.178. The minimum absolute atomic E-state index is 0.178. The second-order valence-electron chi connectivity index (χ2n) is 3.68. The van der Waals surface area contributed by atoms with Crippen LogP contribution in [0.2, 0.25) is 0 Å². The molecule has 0 aliphatic heterocycles. The van der Waals surface area contributed by atoms with Gasteiger partial charge in [0.1, 0.15) is 5.78 Å². The van der Waals surface area contributed by atoms with Gasteiger partial charge in [0.05, 0.1) is 0 Å². The molecule has 1 aromatic carbocycles. The van der Waals surface area contributed by atoms with Crippen molar-refractivity contribution in [1.29, 1.82) is 0 Å². The Morgan fingerprint density at radius 1 is 1.21 bits per heavy atom. The molecule has 0 bridgehead atoms. The van der Waals surface area contributed by atoms with Crippen LogP contribution in [0.5, 0.6) is 0 Å². The summed E-state index contributed by atoms with van der Waals surface area (Å²) < 4.78 is 0. The molecular formula is C12H13NO. The second-order valence-corrected chi connectivity index (χ2v) is 3.68. The van der Waals surface area contributed by atoms with Gasteiger partial charge in [-0.15, -0.1) is 0 Å². The predicted molar refractivity (Wildman–Crippen MR) is 55.7 cm³/mol. The van der Waals surface area contributed by atoms with Crippen LogP contribution in [-0.4, -0.2) is 5.78 Å². The van der Waals surface area contributed by atoms with Gasteiger partial charge in [0.2, 0.25) is 0 Å². The maximum atomic E-state index is 11.3. The third kappa shape index (κ3) is 1.84. The highest BCUT2D eigenvalue weighted by Crippen LogP contribution is 2.27. The van der Waals surface area contributed by atoms with E-state index in [4.69, 9.17) is 5.73 Å². The third-order valence-corrected chi connectivity index (χ3v) is 2.49. The molecule has 0 amide bonds. The van der Waals surface area contributed by atoms with Gasteiger partial charge in [0, 0.05) is 24.5 Å². The van der Waals surface area contributed by atoms with Gasteiger partial charge in [-0.25, -0.2) is 0 Å². The Morgan fingerprint density at radius 3 is 2.57 bits per heavy atom. The molecule has 0 saturated carbocycles. The molecule has 2 nitrogen and oxygen atoms in total. The monoisotopic (exact) mass is 187 g/mol. The summed E-state index contributed by atoms with van der Waals surface area (Å²) in [5.41, 5.74) is 7.57. The van der Waals surface area contributed by atoms with E-state index in [2.05, 4.69) is 0 Å². The summed E-state index contributed by atoms with van der Waals surface area (Å²) in [6.07, 6.45) is 3.00. The molecule has 1 aromatic rings. The zero-order valence-corrected chi connectivity index (χ0v) is 7.94. The SMILES string of the molecule is NC1=CC(c2ccccc2)CC(=O)C1. The molecule has 2 N–H and O–H groups in total. The molecule has 14 heavy (non-hydrogen) atoms. The summed E-state index contributed by atoms with van der Waals surface area (Å²) in [6.45, 7) is 0. The smallest absolute Gasteiger partial charge is 0.139 e. The quantitative estimate of drug-likeness (QED) is 0.730. The van der Waals surface area contributed by atoms with Crippen LogP contribution >= 0.6 is 0 Å². The van der Waals surface area contributed by atoms with Crippen LogP contribution in [0.15, 0.2) is 42.1 Å². The lowest BCUT2D eigenvalue weighted by Gasteiger charge is -2.18. The van der Waals surface area contributed by atoms with Crippen LogP contribution in [0.1, 0.15) is 24.3 Å². The predicted octanol–water partition coefficient (Wildman–Crippen LogP) is 1.98. The number of rotatable bonds is 1. The highest BCUT2D eigenvalue weighted by Gasteiger charge is 2.19. The van der Waals surface area contributed by atoms with Gasteiger partial charge in [-0.05, 0) is 5.56 Å². The molecule has 0 fully saturated rings. The maximum Gasteiger partial charge on any atom is 0.139 e. The molecule has 0 heterocycles. The average Bonchev–Trinajstić information content (AvgIpc) is 2.18. The fourth-order valence-corrected chi connectivity index (χ4v) is 1.84. The largest absolute Gasteiger partial charge is 0.402 e. The summed E-state index contributed by atoms with van der Waals surface area (Å²) >= 11 is 0. The first-order chi connectivity index (χ1) is 6.75. The van der Waals surface area contributed by atoms with Gasteiger partial charge < -0.3 is 5.73 Å². The van der Waals surface area contributed by atoms with Crippen LogP contribution in [0.4, 0.5) is 0 Å². The van der Waals surface area contributed by atoms with Gasteiger partial charge in [0.15, 0.2) is 0 Å². The number of hydrogen-bond donors (Lipinski definition) is 1. The Hall–Kier alpha value is -1.57. The number of hydrogen-bond acceptors (Lipinski definition) is 2. The number of benzene rings is 1. The van der Waals surface area contributed by atoms with Crippen LogP contribution < -0.4 is 5.73 Å². The van der Waals surface area contributed by atoms with Crippen LogP contribution in [0.25, 0.3) is 0 Å². The summed E-state index contributed by atoms with van der Waals surface area (Å²) in [5, 5.41) is 0. The van der Waals surface area contributed by atoms with Crippen molar-refractivity contribution in [1.82, 2.24) is 0 Å². The van der Waals surface area contributed by atoms with Crippen LogP contribution in [0.3, 0.4) is 0 Å². The molecule has 2 rings (SSSR count). The lowest BCUT2D eigenvalue weighted by Crippen LogP contribution is -2.16. The molecule has 0 spiro atoms. The van der Waals surface area contributed by atoms with Crippen molar-refractivity contribution in [2.24, 2.45) is 5.73 Å². The maximum absolute atomic E-state index is 11.3. The van der Waals surface area contributed by atoms with E-state index >= 15 is 0 Å². The second kappa shape index (κ2) is 3.66. The average molecular weight is 187 g/mol. The van der Waals surface area contributed by atoms with E-state index in [1.54, 1.807) is 0 Å². The molecule has 1 aliphatic carbocycles. The topological polar surface area (TPSA) is 43.1 Å². The normalized spacial score (nSPS) is 21.9. The molecular weight excluding hydrogens is 174 g/mol. The highest BCUT2D eigenvalue weighted by atomic mass is 16.1. The summed E-state index contributed by atoms with van der Waals surface area (Å²) in [4.78, 5) is 11.3. The van der Waals surface area contributed by atoms with Crippen molar-refractivity contribution < 1.29 is 4.79 Å². The standard InChI is InChI=1S/C12H13NO/c13-11-6-10(7-12(14)8-11)9-4-2-1-3-5-9/h1-6,10H,7-8,13H2. The number of nitrogens with two attached hydrogens (primary N) is 1. The number of allylic oxidation sites excluding steroid dienone is 2. The van der Waals surface area contributed by atoms with Gasteiger partial charge in [0.25, 0.3) is 0 Å². The van der Waals surface area contributed by atoms with E-state index in [1.165, 1.54) is 5.56 Å². The lowest BCUT2D eigenvalue weighted by molar-refractivity contribution is -0.118. The van der Waals surface area contributed by atoms with Gasteiger partial charge in [-0.1, -0.05) is 36.4 Å². The molecule has 0 saturated heterocycles. The summed E-state index contributed by atoms with van der Waals surface area (Å²) in [6, 6.07) is 10.0. The van der Waals surface area contributed by atoms with Gasteiger partial charge in [-0.3, -0.25) is 4.79 Å². The molecule has 72 valence electrons. The van der Waals surface area contributed by atoms with Crippen molar-refractivity contribution in [2.45, 2.75) is 18.8 Å². The van der Waals surface area contributed by atoms with Crippen molar-refractivity contribution in [3.05, 3.63) is 47.7 Å². The Kier molecular flexibility index (Phi) is 2.35. The summed E-state index contributed by atoms with van der Waals surface area (Å²) in [7, 11) is 0. The molecule has 0 radical (unpaired) electrons. The number of carbonyl (C=O) groups excluding carboxylic acids is 1. The molecule has 2 heteroatoms. The van der Waals surface area contributed by atoms with Crippen LogP contribution in [0, 0.1) is 0 Å². The first-order valence-electron chi connectivity index (χ1n) is 4.78. The lowest BCUT2D eigenvalue weighted by atomic mass is 9.87. The molecule has 1 aliphatic rings. The van der Waals surface area contributed by atoms with Crippen molar-refractivity contribution in [3.8, 4) is 0 Å². The first-order valence-corrected chi connectivity index (χ1v) is 4.78. The Labute approximate surface area is 83.4 Å². The molecule has 1 unspecified atom stereocenters. The van der Waals surface area contributed by atoms with Crippen LogP contribution in [-0.2, 0) is 4.79 Å². The first kappa shape index (κ1) is 9.00. The van der Waals surface area contributed by atoms with E-state index in [9.17, 15) is 4.79 Å². The molecule has 1 atom stereocenters. The molecule has 0 aromatic heterocycles. The van der Waals surface area contributed by atoms with Gasteiger partial charge >= 0.3 is 0 Å². The number of ketones is 1. The van der Waals surface area contributed by atoms with E-state index in [0.717, 1.165) is 0 Å². The number of Topliss-reactive ketones (excluding diaryl/α,β-unsaturated/α-hetero) is 1. The van der Waals surface area contributed by atoms with E-state index in [0.29, 0.717) is 18.5 Å². The Bertz CT molecular complexity index is 367. The fraction of sp³-hybridized carbons (Fsp3) is 0.250. The minimum Gasteiger partial charge on any atom is -0.402 e.